The van der Waals surface area contributed by atoms with Crippen LogP contribution in [0.5, 0.6) is 0 Å². The molecule has 0 unspecified atom stereocenters. The molecule has 1 heterocycles. The summed E-state index contributed by atoms with van der Waals surface area (Å²) in [4.78, 5) is 25.7. The lowest BCUT2D eigenvalue weighted by Gasteiger charge is -2.17. The molecule has 0 fully saturated rings. The molecule has 0 radical (unpaired) electrons. The second-order valence-corrected chi connectivity index (χ2v) is 3.56. The minimum absolute atomic E-state index is 0.0977. The third kappa shape index (κ3) is 3.08. The smallest absolute Gasteiger partial charge is 0.356 e. The summed E-state index contributed by atoms with van der Waals surface area (Å²) in [7, 11) is 0. The molecule has 0 saturated heterocycles. The Labute approximate surface area is 99.5 Å². The van der Waals surface area contributed by atoms with Crippen molar-refractivity contribution in [3.63, 3.8) is 0 Å². The number of rotatable bonds is 4. The van der Waals surface area contributed by atoms with Gasteiger partial charge >= 0.3 is 17.5 Å². The summed E-state index contributed by atoms with van der Waals surface area (Å²) < 4.78 is 26.9. The molecule has 0 aliphatic carbocycles. The predicted molar refractivity (Wildman–Crippen MR) is 56.2 cm³/mol. The van der Waals surface area contributed by atoms with E-state index in [1.165, 1.54) is 0 Å². The van der Waals surface area contributed by atoms with Crippen LogP contribution in [0.25, 0.3) is 0 Å². The number of carbonyl (C=O) groups is 1. The number of alkyl halides is 2. The number of halogens is 2. The highest BCUT2D eigenvalue weighted by atomic mass is 19.3. The topological polar surface area (TPSA) is 118 Å². The van der Waals surface area contributed by atoms with Crippen LogP contribution in [-0.2, 0) is 0 Å². The quantitative estimate of drug-likeness (QED) is 0.630. The minimum Gasteiger partial charge on any atom is -0.394 e. The van der Waals surface area contributed by atoms with Gasteiger partial charge in [0, 0.05) is 12.6 Å². The van der Waals surface area contributed by atoms with Gasteiger partial charge in [-0.05, 0) is 6.07 Å². The lowest BCUT2D eigenvalue weighted by Crippen LogP contribution is -2.42. The predicted octanol–water partition coefficient (Wildman–Crippen LogP) is -1.16. The molecule has 1 atom stereocenters. The van der Waals surface area contributed by atoms with Crippen LogP contribution in [-0.4, -0.2) is 44.3 Å². The first-order chi connectivity index (χ1) is 8.27. The van der Waals surface area contributed by atoms with Gasteiger partial charge in [0.05, 0.1) is 12.7 Å². The molecule has 0 spiro atoms. The zero-order chi connectivity index (χ0) is 13.9. The van der Waals surface area contributed by atoms with Crippen molar-refractivity contribution in [2.45, 2.75) is 18.4 Å². The van der Waals surface area contributed by atoms with Gasteiger partial charge in [-0.2, -0.15) is 13.8 Å². The van der Waals surface area contributed by atoms with E-state index in [0.29, 0.717) is 0 Å². The Kier molecular flexibility index (Phi) is 4.09. The van der Waals surface area contributed by atoms with Crippen molar-refractivity contribution in [1.82, 2.24) is 9.55 Å². The molecule has 0 aliphatic rings. The molecular formula is C9H11F2N3O4. The van der Waals surface area contributed by atoms with E-state index in [1.54, 1.807) is 0 Å². The second-order valence-electron chi connectivity index (χ2n) is 3.56. The van der Waals surface area contributed by atoms with Gasteiger partial charge in [0.15, 0.2) is 0 Å². The lowest BCUT2D eigenvalue weighted by atomic mass is 10.1. The van der Waals surface area contributed by atoms with Crippen molar-refractivity contribution in [3.05, 3.63) is 22.7 Å². The number of aliphatic hydroxyl groups is 2. The summed E-state index contributed by atoms with van der Waals surface area (Å²) in [5, 5.41) is 17.3. The average Bonchev–Trinajstić information content (AvgIpc) is 2.27. The molecule has 0 amide bonds. The number of aromatic nitrogens is 2. The van der Waals surface area contributed by atoms with E-state index >= 15 is 0 Å². The van der Waals surface area contributed by atoms with Crippen molar-refractivity contribution in [3.8, 4) is 0 Å². The fourth-order valence-electron chi connectivity index (χ4n) is 1.19. The summed E-state index contributed by atoms with van der Waals surface area (Å²) in [5.41, 5.74) is 3.90. The van der Waals surface area contributed by atoms with E-state index in [-0.39, 0.29) is 10.4 Å². The van der Waals surface area contributed by atoms with Crippen molar-refractivity contribution in [2.24, 2.45) is 0 Å². The van der Waals surface area contributed by atoms with E-state index in [0.717, 1.165) is 12.3 Å². The highest BCUT2D eigenvalue weighted by Gasteiger charge is 2.42. The van der Waals surface area contributed by atoms with Crippen molar-refractivity contribution in [1.29, 1.82) is 0 Å². The molecule has 9 heteroatoms. The Balaban J connectivity index is 3.02. The first kappa shape index (κ1) is 14.2. The number of anilines is 1. The normalized spacial score (nSPS) is 13.3. The molecule has 1 rings (SSSR count). The van der Waals surface area contributed by atoms with Crippen LogP contribution in [0, 0.1) is 0 Å². The van der Waals surface area contributed by atoms with Crippen molar-refractivity contribution in [2.75, 3.05) is 12.3 Å². The summed E-state index contributed by atoms with van der Waals surface area (Å²) >= 11 is 0. The van der Waals surface area contributed by atoms with Crippen molar-refractivity contribution >= 4 is 11.7 Å². The maximum atomic E-state index is 13.4. The molecule has 7 nitrogen and oxygen atoms in total. The van der Waals surface area contributed by atoms with Crippen LogP contribution in [0.15, 0.2) is 17.1 Å². The largest absolute Gasteiger partial charge is 0.394 e. The first-order valence-electron chi connectivity index (χ1n) is 4.84. The number of nitrogens with two attached hydrogens (primary N) is 1. The standard InChI is InChI=1S/C9H11F2N3O4/c10-9(11,3-5(16)4-15)7(17)14-2-1-6(12)13-8(14)18/h1-2,5,15-16H,3-4H2,(H2,12,13,18)/t5-/m0/s1. The molecular weight excluding hydrogens is 252 g/mol. The van der Waals surface area contributed by atoms with Crippen LogP contribution in [0.1, 0.15) is 11.2 Å². The van der Waals surface area contributed by atoms with Gasteiger partial charge in [-0.15, -0.1) is 0 Å². The first-order valence-corrected chi connectivity index (χ1v) is 4.84. The zero-order valence-corrected chi connectivity index (χ0v) is 9.08. The summed E-state index contributed by atoms with van der Waals surface area (Å²) in [6.07, 6.45) is -2.29. The second kappa shape index (κ2) is 5.19. The van der Waals surface area contributed by atoms with Crippen molar-refractivity contribution < 1.29 is 23.8 Å². The third-order valence-corrected chi connectivity index (χ3v) is 2.06. The zero-order valence-electron chi connectivity index (χ0n) is 9.08. The molecule has 0 bridgehead atoms. The molecule has 18 heavy (non-hydrogen) atoms. The summed E-state index contributed by atoms with van der Waals surface area (Å²) in [5.74, 6) is -6.04. The summed E-state index contributed by atoms with van der Waals surface area (Å²) in [6, 6.07) is 1.01. The maximum absolute atomic E-state index is 13.4. The molecule has 100 valence electrons. The average molecular weight is 263 g/mol. The molecule has 0 aromatic carbocycles. The van der Waals surface area contributed by atoms with Crippen LogP contribution in [0.3, 0.4) is 0 Å². The number of hydrogen-bond acceptors (Lipinski definition) is 6. The molecule has 4 N–H and O–H groups in total. The van der Waals surface area contributed by atoms with Gasteiger partial charge in [-0.25, -0.2) is 9.36 Å². The molecule has 0 aliphatic heterocycles. The Bertz CT molecular complexity index is 503. The van der Waals surface area contributed by atoms with Gasteiger partial charge in [0.1, 0.15) is 5.82 Å². The van der Waals surface area contributed by atoms with Gasteiger partial charge < -0.3 is 15.9 Å². The Morgan fingerprint density at radius 2 is 2.22 bits per heavy atom. The molecule has 1 aromatic rings. The van der Waals surface area contributed by atoms with E-state index < -0.39 is 36.7 Å². The van der Waals surface area contributed by atoms with E-state index in [4.69, 9.17) is 15.9 Å². The fourth-order valence-corrected chi connectivity index (χ4v) is 1.19. The fraction of sp³-hybridized carbons (Fsp3) is 0.444. The highest BCUT2D eigenvalue weighted by Crippen LogP contribution is 2.22. The molecule has 1 aromatic heterocycles. The van der Waals surface area contributed by atoms with Crippen LogP contribution in [0.2, 0.25) is 0 Å². The van der Waals surface area contributed by atoms with Crippen LogP contribution < -0.4 is 11.4 Å². The van der Waals surface area contributed by atoms with Gasteiger partial charge in [-0.3, -0.25) is 4.79 Å². The number of carbonyl (C=O) groups excluding carboxylic acids is 1. The Hall–Kier alpha value is -1.87. The Morgan fingerprint density at radius 1 is 1.61 bits per heavy atom. The van der Waals surface area contributed by atoms with Gasteiger partial charge in [-0.1, -0.05) is 0 Å². The summed E-state index contributed by atoms with van der Waals surface area (Å²) in [6.45, 7) is -0.919. The SMILES string of the molecule is Nc1ccn(C(=O)C(F)(F)C[C@H](O)CO)c(=O)n1. The van der Waals surface area contributed by atoms with Crippen LogP contribution >= 0.6 is 0 Å². The lowest BCUT2D eigenvalue weighted by molar-refractivity contribution is -0.0405. The van der Waals surface area contributed by atoms with E-state index in [9.17, 15) is 18.4 Å². The minimum atomic E-state index is -4.00. The third-order valence-electron chi connectivity index (χ3n) is 2.06. The van der Waals surface area contributed by atoms with Gasteiger partial charge in [0.2, 0.25) is 0 Å². The molecule has 0 saturated carbocycles. The number of hydrogen-bond donors (Lipinski definition) is 3. The van der Waals surface area contributed by atoms with E-state index in [2.05, 4.69) is 4.98 Å². The number of aliphatic hydroxyl groups excluding tert-OH is 2. The maximum Gasteiger partial charge on any atom is 0.356 e. The van der Waals surface area contributed by atoms with Gasteiger partial charge in [0.25, 0.3) is 0 Å². The van der Waals surface area contributed by atoms with Crippen LogP contribution in [0.4, 0.5) is 14.6 Å². The highest BCUT2D eigenvalue weighted by molar-refractivity contribution is 5.85. The number of nitrogens with zero attached hydrogens (tertiary/aromatic N) is 2. The monoisotopic (exact) mass is 263 g/mol. The number of nitrogen functional groups attached to an aromatic ring is 1. The Morgan fingerprint density at radius 3 is 2.72 bits per heavy atom. The van der Waals surface area contributed by atoms with E-state index in [1.807, 2.05) is 0 Å².